The van der Waals surface area contributed by atoms with Crippen molar-refractivity contribution in [2.45, 2.75) is 20.0 Å². The summed E-state index contributed by atoms with van der Waals surface area (Å²) in [5.41, 5.74) is 1.02. The third-order valence-electron chi connectivity index (χ3n) is 1.86. The predicted octanol–water partition coefficient (Wildman–Crippen LogP) is 2.84. The molecule has 1 heterocycles. The van der Waals surface area contributed by atoms with Gasteiger partial charge in [-0.2, -0.15) is 13.2 Å². The van der Waals surface area contributed by atoms with Gasteiger partial charge in [0, 0.05) is 18.0 Å². The molecular weight excluding hydrogens is 233 g/mol. The highest BCUT2D eigenvalue weighted by atomic mass is 19.4. The SMILES string of the molecule is C/C(=C/C(=O)C(F)(F)F)Nc1ccc(C)cn1. The van der Waals surface area contributed by atoms with E-state index in [9.17, 15) is 18.0 Å². The molecule has 3 nitrogen and oxygen atoms in total. The Balaban J connectivity index is 2.72. The molecule has 0 fully saturated rings. The number of alkyl halides is 3. The van der Waals surface area contributed by atoms with Gasteiger partial charge in [-0.15, -0.1) is 0 Å². The van der Waals surface area contributed by atoms with Gasteiger partial charge in [0.2, 0.25) is 0 Å². The third kappa shape index (κ3) is 4.26. The average Bonchev–Trinajstić information content (AvgIpc) is 2.20. The van der Waals surface area contributed by atoms with E-state index in [-0.39, 0.29) is 5.70 Å². The summed E-state index contributed by atoms with van der Waals surface area (Å²) in [5.74, 6) is -1.51. The van der Waals surface area contributed by atoms with Crippen LogP contribution in [0.2, 0.25) is 0 Å². The van der Waals surface area contributed by atoms with E-state index < -0.39 is 12.0 Å². The number of rotatable bonds is 3. The van der Waals surface area contributed by atoms with E-state index in [4.69, 9.17) is 0 Å². The van der Waals surface area contributed by atoms with Gasteiger partial charge in [0.1, 0.15) is 5.82 Å². The molecule has 1 rings (SSSR count). The fraction of sp³-hybridized carbons (Fsp3) is 0.273. The first-order valence-corrected chi connectivity index (χ1v) is 4.78. The van der Waals surface area contributed by atoms with Crippen LogP contribution in [0.3, 0.4) is 0 Å². The number of aromatic nitrogens is 1. The number of carbonyl (C=O) groups excluding carboxylic acids is 1. The number of nitrogens with zero attached hydrogens (tertiary/aromatic N) is 1. The minimum Gasteiger partial charge on any atom is -0.344 e. The molecular formula is C11H11F3N2O. The maximum Gasteiger partial charge on any atom is 0.454 e. The largest absolute Gasteiger partial charge is 0.454 e. The number of allylic oxidation sites excluding steroid dienone is 2. The van der Waals surface area contributed by atoms with Crippen LogP contribution in [0.1, 0.15) is 12.5 Å². The monoisotopic (exact) mass is 244 g/mol. The van der Waals surface area contributed by atoms with Crippen molar-refractivity contribution in [3.63, 3.8) is 0 Å². The van der Waals surface area contributed by atoms with Crippen LogP contribution in [-0.2, 0) is 4.79 Å². The van der Waals surface area contributed by atoms with E-state index >= 15 is 0 Å². The number of hydrogen-bond donors (Lipinski definition) is 1. The molecule has 0 saturated heterocycles. The molecule has 17 heavy (non-hydrogen) atoms. The van der Waals surface area contributed by atoms with Gasteiger partial charge < -0.3 is 5.32 Å². The molecule has 6 heteroatoms. The number of nitrogens with one attached hydrogen (secondary N) is 1. The zero-order chi connectivity index (χ0) is 13.1. The molecule has 0 amide bonds. The van der Waals surface area contributed by atoms with Crippen LogP contribution in [0.25, 0.3) is 0 Å². The number of halogens is 3. The first kappa shape index (κ1) is 13.2. The van der Waals surface area contributed by atoms with Crippen molar-refractivity contribution in [2.75, 3.05) is 5.32 Å². The van der Waals surface area contributed by atoms with Gasteiger partial charge in [0.05, 0.1) is 0 Å². The molecule has 92 valence electrons. The summed E-state index contributed by atoms with van der Waals surface area (Å²) >= 11 is 0. The Labute approximate surface area is 96.4 Å². The minimum atomic E-state index is -4.84. The summed E-state index contributed by atoms with van der Waals surface area (Å²) in [6, 6.07) is 3.37. The fourth-order valence-corrected chi connectivity index (χ4v) is 1.06. The first-order valence-electron chi connectivity index (χ1n) is 4.78. The lowest BCUT2D eigenvalue weighted by atomic mass is 10.3. The summed E-state index contributed by atoms with van der Waals surface area (Å²) in [5, 5.41) is 2.60. The molecule has 0 radical (unpaired) electrons. The molecule has 0 bridgehead atoms. The van der Waals surface area contributed by atoms with Crippen molar-refractivity contribution in [1.29, 1.82) is 0 Å². The van der Waals surface area contributed by atoms with Crippen molar-refractivity contribution < 1.29 is 18.0 Å². The lowest BCUT2D eigenvalue weighted by Gasteiger charge is -2.06. The summed E-state index contributed by atoms with van der Waals surface area (Å²) in [4.78, 5) is 14.6. The summed E-state index contributed by atoms with van der Waals surface area (Å²) in [7, 11) is 0. The maximum atomic E-state index is 12.0. The number of ketones is 1. The van der Waals surface area contributed by atoms with Crippen molar-refractivity contribution in [3.05, 3.63) is 35.7 Å². The molecule has 1 aromatic heterocycles. The van der Waals surface area contributed by atoms with E-state index in [0.717, 1.165) is 5.56 Å². The molecule has 0 aromatic carbocycles. The summed E-state index contributed by atoms with van der Waals surface area (Å²) in [6.45, 7) is 3.21. The molecule has 0 atom stereocenters. The summed E-state index contributed by atoms with van der Waals surface area (Å²) in [6.07, 6.45) is -2.77. The van der Waals surface area contributed by atoms with Crippen LogP contribution in [0.5, 0.6) is 0 Å². The van der Waals surface area contributed by atoms with Crippen LogP contribution in [0.15, 0.2) is 30.1 Å². The van der Waals surface area contributed by atoms with E-state index in [0.29, 0.717) is 11.9 Å². The van der Waals surface area contributed by atoms with Crippen LogP contribution in [0, 0.1) is 6.92 Å². The normalized spacial score (nSPS) is 12.4. The van der Waals surface area contributed by atoms with E-state index in [1.807, 2.05) is 6.92 Å². The lowest BCUT2D eigenvalue weighted by molar-refractivity contribution is -0.165. The second kappa shape index (κ2) is 4.99. The Bertz CT molecular complexity index is 435. The smallest absolute Gasteiger partial charge is 0.344 e. The fourth-order valence-electron chi connectivity index (χ4n) is 1.06. The Kier molecular flexibility index (Phi) is 3.88. The number of pyridine rings is 1. The quantitative estimate of drug-likeness (QED) is 0.831. The zero-order valence-corrected chi connectivity index (χ0v) is 9.30. The molecule has 0 unspecified atom stereocenters. The van der Waals surface area contributed by atoms with Crippen LogP contribution >= 0.6 is 0 Å². The van der Waals surface area contributed by atoms with Gasteiger partial charge in [-0.05, 0) is 25.5 Å². The highest BCUT2D eigenvalue weighted by molar-refractivity contribution is 5.95. The van der Waals surface area contributed by atoms with Crippen LogP contribution in [-0.4, -0.2) is 16.9 Å². The molecule has 0 aliphatic heterocycles. The Morgan fingerprint density at radius 1 is 1.41 bits per heavy atom. The number of aryl methyl sites for hydroxylation is 1. The molecule has 1 aromatic rings. The van der Waals surface area contributed by atoms with Crippen LogP contribution < -0.4 is 5.32 Å². The Morgan fingerprint density at radius 2 is 2.06 bits per heavy atom. The second-order valence-corrected chi connectivity index (χ2v) is 3.54. The van der Waals surface area contributed by atoms with Crippen molar-refractivity contribution >= 4 is 11.6 Å². The van der Waals surface area contributed by atoms with Crippen molar-refractivity contribution in [1.82, 2.24) is 4.98 Å². The van der Waals surface area contributed by atoms with E-state index in [2.05, 4.69) is 10.3 Å². The van der Waals surface area contributed by atoms with E-state index in [1.54, 1.807) is 18.3 Å². The standard InChI is InChI=1S/C11H11F3N2O/c1-7-3-4-10(15-6-7)16-8(2)5-9(17)11(12,13)14/h3-6H,1-2H3,(H,15,16)/b8-5-. The van der Waals surface area contributed by atoms with Crippen molar-refractivity contribution in [3.8, 4) is 0 Å². The molecule has 0 aliphatic carbocycles. The van der Waals surface area contributed by atoms with Gasteiger partial charge in [0.15, 0.2) is 0 Å². The summed E-state index contributed by atoms with van der Waals surface area (Å²) < 4.78 is 35.9. The van der Waals surface area contributed by atoms with Gasteiger partial charge >= 0.3 is 6.18 Å². The van der Waals surface area contributed by atoms with Gasteiger partial charge in [0.25, 0.3) is 5.78 Å². The molecule has 1 N–H and O–H groups in total. The molecule has 0 aliphatic rings. The van der Waals surface area contributed by atoms with E-state index in [1.165, 1.54) is 6.92 Å². The Hall–Kier alpha value is -1.85. The topological polar surface area (TPSA) is 42.0 Å². The lowest BCUT2D eigenvalue weighted by Crippen LogP contribution is -2.21. The third-order valence-corrected chi connectivity index (χ3v) is 1.86. The maximum absolute atomic E-state index is 12.0. The predicted molar refractivity (Wildman–Crippen MR) is 57.4 cm³/mol. The Morgan fingerprint density at radius 3 is 2.53 bits per heavy atom. The number of hydrogen-bond acceptors (Lipinski definition) is 3. The zero-order valence-electron chi connectivity index (χ0n) is 9.30. The molecule has 0 saturated carbocycles. The second-order valence-electron chi connectivity index (χ2n) is 3.54. The number of anilines is 1. The first-order chi connectivity index (χ1) is 7.79. The average molecular weight is 244 g/mol. The van der Waals surface area contributed by atoms with Gasteiger partial charge in [-0.1, -0.05) is 6.07 Å². The van der Waals surface area contributed by atoms with Gasteiger partial charge in [-0.25, -0.2) is 4.98 Å². The highest BCUT2D eigenvalue weighted by Crippen LogP contribution is 2.17. The molecule has 0 spiro atoms. The van der Waals surface area contributed by atoms with Crippen molar-refractivity contribution in [2.24, 2.45) is 0 Å². The minimum absolute atomic E-state index is 0.0867. The highest BCUT2D eigenvalue weighted by Gasteiger charge is 2.36. The number of carbonyl (C=O) groups is 1. The van der Waals surface area contributed by atoms with Crippen LogP contribution in [0.4, 0.5) is 19.0 Å². The van der Waals surface area contributed by atoms with Gasteiger partial charge in [-0.3, -0.25) is 4.79 Å².